The third-order valence-electron chi connectivity index (χ3n) is 7.58. The Labute approximate surface area is 277 Å². The topological polar surface area (TPSA) is 104 Å². The number of aromatic nitrogens is 1. The van der Waals surface area contributed by atoms with Crippen molar-refractivity contribution in [1.82, 2.24) is 4.98 Å². The van der Waals surface area contributed by atoms with Gasteiger partial charge in [0.2, 0.25) is 0 Å². The van der Waals surface area contributed by atoms with E-state index in [1.165, 1.54) is 69.0 Å². The summed E-state index contributed by atoms with van der Waals surface area (Å²) >= 11 is 0. The minimum absolute atomic E-state index is 0.0255. The van der Waals surface area contributed by atoms with Crippen LogP contribution in [0.1, 0.15) is 133 Å². The molecule has 0 amide bonds. The number of carbonyl (C=O) groups excluding carboxylic acids is 3. The maximum atomic E-state index is 13.3. The molecule has 1 N–H and O–H groups in total. The van der Waals surface area contributed by atoms with Gasteiger partial charge in [-0.1, -0.05) is 97.0 Å². The van der Waals surface area contributed by atoms with E-state index in [1.807, 2.05) is 0 Å². The van der Waals surface area contributed by atoms with Gasteiger partial charge in [-0.2, -0.15) is 13.2 Å². The predicted octanol–water partition coefficient (Wildman–Crippen LogP) is 9.74. The van der Waals surface area contributed by atoms with E-state index >= 15 is 0 Å². The Bertz CT molecular complexity index is 1170. The van der Waals surface area contributed by atoms with Gasteiger partial charge in [0.1, 0.15) is 24.6 Å². The summed E-state index contributed by atoms with van der Waals surface area (Å²) in [5, 5.41) is 2.75. The van der Waals surface area contributed by atoms with Crippen molar-refractivity contribution in [2.45, 2.75) is 129 Å². The fourth-order valence-corrected chi connectivity index (χ4v) is 4.88. The van der Waals surface area contributed by atoms with Gasteiger partial charge in [0, 0.05) is 24.7 Å². The average Bonchev–Trinajstić information content (AvgIpc) is 3.05. The van der Waals surface area contributed by atoms with Crippen LogP contribution < -0.4 is 5.32 Å². The largest absolute Gasteiger partial charge is 0.462 e. The number of anilines is 2. The SMILES string of the molecule is CCCCCCCCCC(=O)OCC(COC(=O)CCCCCCCCC)OC(=O)c1cccnc1Nc1cccc(C(F)(F)F)c1. The molecule has 0 aliphatic heterocycles. The van der Waals surface area contributed by atoms with E-state index in [0.29, 0.717) is 12.8 Å². The summed E-state index contributed by atoms with van der Waals surface area (Å²) in [6, 6.07) is 7.38. The van der Waals surface area contributed by atoms with Crippen LogP contribution in [0.25, 0.3) is 0 Å². The minimum atomic E-state index is -4.55. The molecule has 1 aromatic carbocycles. The molecule has 0 radical (unpaired) electrons. The lowest BCUT2D eigenvalue weighted by Gasteiger charge is -2.19. The number of rotatable bonds is 24. The first kappa shape index (κ1) is 39.5. The van der Waals surface area contributed by atoms with Crippen LogP contribution in [0, 0.1) is 0 Å². The van der Waals surface area contributed by atoms with Gasteiger partial charge in [-0.3, -0.25) is 9.59 Å². The lowest BCUT2D eigenvalue weighted by Crippen LogP contribution is -2.31. The molecule has 47 heavy (non-hydrogen) atoms. The van der Waals surface area contributed by atoms with Crippen LogP contribution in [0.5, 0.6) is 0 Å². The van der Waals surface area contributed by atoms with Crippen molar-refractivity contribution in [3.8, 4) is 0 Å². The van der Waals surface area contributed by atoms with Gasteiger partial charge in [0.15, 0.2) is 6.10 Å². The standard InChI is InChI=1S/C36H51F3N2O6/c1-3-5-7-9-11-13-15-22-32(42)45-26-30(27-46-33(43)23-16-14-12-10-8-6-4-2)47-35(44)31-21-18-24-40-34(31)41-29-20-17-19-28(25-29)36(37,38)39/h17-21,24-25,30H,3-16,22-23,26-27H2,1-2H3,(H,40,41). The lowest BCUT2D eigenvalue weighted by molar-refractivity contribution is -0.153. The number of unbranched alkanes of at least 4 members (excludes halogenated alkanes) is 12. The van der Waals surface area contributed by atoms with Crippen molar-refractivity contribution in [2.75, 3.05) is 18.5 Å². The van der Waals surface area contributed by atoms with Gasteiger partial charge < -0.3 is 19.5 Å². The second-order valence-corrected chi connectivity index (χ2v) is 11.7. The molecule has 0 unspecified atom stereocenters. The Morgan fingerprint density at radius 3 is 1.81 bits per heavy atom. The van der Waals surface area contributed by atoms with Gasteiger partial charge in [0.05, 0.1) is 5.56 Å². The Morgan fingerprint density at radius 2 is 1.28 bits per heavy atom. The fourth-order valence-electron chi connectivity index (χ4n) is 4.88. The first-order valence-electron chi connectivity index (χ1n) is 17.1. The molecule has 2 rings (SSSR count). The molecule has 11 heteroatoms. The predicted molar refractivity (Wildman–Crippen MR) is 175 cm³/mol. The van der Waals surface area contributed by atoms with Crippen molar-refractivity contribution in [2.24, 2.45) is 0 Å². The van der Waals surface area contributed by atoms with Gasteiger partial charge >= 0.3 is 24.1 Å². The Hall–Kier alpha value is -3.63. The zero-order valence-electron chi connectivity index (χ0n) is 27.9. The normalized spacial score (nSPS) is 11.4. The molecule has 8 nitrogen and oxygen atoms in total. The molecule has 0 fully saturated rings. The summed E-state index contributed by atoms with van der Waals surface area (Å²) in [6.45, 7) is 3.68. The molecule has 1 aromatic heterocycles. The lowest BCUT2D eigenvalue weighted by atomic mass is 10.1. The zero-order valence-corrected chi connectivity index (χ0v) is 27.9. The fraction of sp³-hybridized carbons (Fsp3) is 0.611. The number of alkyl halides is 3. The number of benzene rings is 1. The maximum absolute atomic E-state index is 13.3. The second kappa shape index (κ2) is 22.8. The van der Waals surface area contributed by atoms with Crippen molar-refractivity contribution < 1.29 is 41.8 Å². The summed E-state index contributed by atoms with van der Waals surface area (Å²) in [7, 11) is 0. The van der Waals surface area contributed by atoms with E-state index in [9.17, 15) is 27.6 Å². The highest BCUT2D eigenvalue weighted by Crippen LogP contribution is 2.31. The summed E-state index contributed by atoms with van der Waals surface area (Å²) in [6.07, 6.45) is 10.8. The van der Waals surface area contributed by atoms with Crippen LogP contribution in [0.4, 0.5) is 24.7 Å². The summed E-state index contributed by atoms with van der Waals surface area (Å²) in [4.78, 5) is 42.2. The highest BCUT2D eigenvalue weighted by molar-refractivity contribution is 5.95. The molecule has 2 aromatic rings. The Morgan fingerprint density at radius 1 is 0.745 bits per heavy atom. The van der Waals surface area contributed by atoms with E-state index in [4.69, 9.17) is 14.2 Å². The van der Waals surface area contributed by atoms with Crippen molar-refractivity contribution in [1.29, 1.82) is 0 Å². The number of carbonyl (C=O) groups is 3. The van der Waals surface area contributed by atoms with Crippen LogP contribution in [0.15, 0.2) is 42.6 Å². The molecule has 0 atom stereocenters. The number of hydrogen-bond acceptors (Lipinski definition) is 8. The molecule has 0 saturated carbocycles. The molecular formula is C36H51F3N2O6. The van der Waals surface area contributed by atoms with E-state index < -0.39 is 35.8 Å². The van der Waals surface area contributed by atoms with Crippen LogP contribution in [0.3, 0.4) is 0 Å². The molecule has 0 aliphatic rings. The number of halogens is 3. The summed E-state index contributed by atoms with van der Waals surface area (Å²) < 4.78 is 56.0. The van der Waals surface area contributed by atoms with Gasteiger partial charge in [-0.05, 0) is 43.2 Å². The van der Waals surface area contributed by atoms with E-state index in [-0.39, 0.29) is 43.1 Å². The molecule has 1 heterocycles. The highest BCUT2D eigenvalue weighted by Gasteiger charge is 2.30. The van der Waals surface area contributed by atoms with Crippen molar-refractivity contribution in [3.63, 3.8) is 0 Å². The van der Waals surface area contributed by atoms with Crippen LogP contribution >= 0.6 is 0 Å². The number of esters is 3. The van der Waals surface area contributed by atoms with E-state index in [1.54, 1.807) is 0 Å². The summed E-state index contributed by atoms with van der Waals surface area (Å²) in [5.41, 5.74) is -0.847. The highest BCUT2D eigenvalue weighted by atomic mass is 19.4. The third-order valence-corrected chi connectivity index (χ3v) is 7.58. The Kier molecular flexibility index (Phi) is 19.2. The third kappa shape index (κ3) is 17.2. The molecule has 0 spiro atoms. The quantitative estimate of drug-likeness (QED) is 0.0672. The van der Waals surface area contributed by atoms with E-state index in [0.717, 1.165) is 50.7 Å². The number of nitrogens with one attached hydrogen (secondary N) is 1. The van der Waals surface area contributed by atoms with Gasteiger partial charge in [-0.15, -0.1) is 0 Å². The first-order chi connectivity index (χ1) is 22.6. The van der Waals surface area contributed by atoms with Gasteiger partial charge in [0.25, 0.3) is 0 Å². The van der Waals surface area contributed by atoms with Gasteiger partial charge in [-0.25, -0.2) is 9.78 Å². The number of hydrogen-bond donors (Lipinski definition) is 1. The number of nitrogens with zero attached hydrogens (tertiary/aromatic N) is 1. The number of ether oxygens (including phenoxy) is 3. The van der Waals surface area contributed by atoms with Crippen LogP contribution in [-0.2, 0) is 30.0 Å². The first-order valence-corrected chi connectivity index (χ1v) is 17.1. The molecular weight excluding hydrogens is 613 g/mol. The van der Waals surface area contributed by atoms with E-state index in [2.05, 4.69) is 24.1 Å². The molecule has 0 saturated heterocycles. The number of pyridine rings is 1. The minimum Gasteiger partial charge on any atom is -0.462 e. The zero-order chi connectivity index (χ0) is 34.3. The average molecular weight is 665 g/mol. The summed E-state index contributed by atoms with van der Waals surface area (Å²) in [5.74, 6) is -1.78. The van der Waals surface area contributed by atoms with Crippen LogP contribution in [0.2, 0.25) is 0 Å². The van der Waals surface area contributed by atoms with Crippen molar-refractivity contribution in [3.05, 3.63) is 53.7 Å². The Balaban J connectivity index is 2.00. The monoisotopic (exact) mass is 664 g/mol. The van der Waals surface area contributed by atoms with Crippen molar-refractivity contribution >= 4 is 29.4 Å². The second-order valence-electron chi connectivity index (χ2n) is 11.7. The molecule has 262 valence electrons. The maximum Gasteiger partial charge on any atom is 0.416 e. The molecule has 0 aliphatic carbocycles. The molecule has 0 bridgehead atoms. The van der Waals surface area contributed by atoms with Crippen LogP contribution in [-0.4, -0.2) is 42.2 Å². The smallest absolute Gasteiger partial charge is 0.416 e.